The molecule has 2 aliphatic heterocycles. The maximum atomic E-state index is 12.0. The molecule has 21 heavy (non-hydrogen) atoms. The Hall–Kier alpha value is -2.23. The van der Waals surface area contributed by atoms with Crippen LogP contribution in [0.3, 0.4) is 0 Å². The van der Waals surface area contributed by atoms with Gasteiger partial charge in [-0.15, -0.1) is 0 Å². The van der Waals surface area contributed by atoms with Crippen molar-refractivity contribution in [2.24, 2.45) is 5.92 Å². The van der Waals surface area contributed by atoms with Crippen molar-refractivity contribution in [3.05, 3.63) is 58.5 Å². The molecule has 1 saturated heterocycles. The molecule has 2 atom stereocenters. The van der Waals surface area contributed by atoms with Gasteiger partial charge in [-0.25, -0.2) is 0 Å². The molecule has 2 aliphatic rings. The molecule has 0 unspecified atom stereocenters. The highest BCUT2D eigenvalue weighted by Crippen LogP contribution is 2.36. The summed E-state index contributed by atoms with van der Waals surface area (Å²) in [5.74, 6) is 0.998. The number of hydrogen-bond acceptors (Lipinski definition) is 3. The molecule has 0 radical (unpaired) electrons. The minimum Gasteiger partial charge on any atom is -0.399 e. The number of rotatable bonds is 1. The van der Waals surface area contributed by atoms with Crippen LogP contribution in [0.4, 0.5) is 11.4 Å². The lowest BCUT2D eigenvalue weighted by Gasteiger charge is -2.43. The van der Waals surface area contributed by atoms with Crippen LogP contribution < -0.4 is 16.2 Å². The van der Waals surface area contributed by atoms with Crippen LogP contribution in [0.25, 0.3) is 0 Å². The standard InChI is InChI=1S/C17H19N3O/c18-14-4-6-15(7-5-14)19-9-12-8-13(11-19)16-2-1-3-17(21)20(16)10-12/h1-7,12-13H,8-11,18H2/t12-,13+/m1/s1. The quantitative estimate of drug-likeness (QED) is 0.814. The summed E-state index contributed by atoms with van der Waals surface area (Å²) in [4.78, 5) is 14.4. The largest absolute Gasteiger partial charge is 0.399 e. The van der Waals surface area contributed by atoms with Crippen LogP contribution in [-0.4, -0.2) is 17.7 Å². The van der Waals surface area contributed by atoms with Gasteiger partial charge in [-0.3, -0.25) is 4.79 Å². The van der Waals surface area contributed by atoms with Gasteiger partial charge in [0.1, 0.15) is 0 Å². The summed E-state index contributed by atoms with van der Waals surface area (Å²) in [5.41, 5.74) is 9.13. The average molecular weight is 281 g/mol. The first kappa shape index (κ1) is 12.5. The molecule has 0 spiro atoms. The summed E-state index contributed by atoms with van der Waals surface area (Å²) in [7, 11) is 0. The van der Waals surface area contributed by atoms with Crippen molar-refractivity contribution >= 4 is 11.4 Å². The number of piperidine rings is 1. The number of benzene rings is 1. The van der Waals surface area contributed by atoms with E-state index in [1.54, 1.807) is 6.07 Å². The third kappa shape index (κ3) is 2.11. The van der Waals surface area contributed by atoms with E-state index in [-0.39, 0.29) is 5.56 Å². The number of nitrogens with two attached hydrogens (primary N) is 1. The van der Waals surface area contributed by atoms with Crippen LogP contribution in [0.2, 0.25) is 0 Å². The molecule has 1 aromatic carbocycles. The third-order valence-corrected chi connectivity index (χ3v) is 4.74. The second-order valence-corrected chi connectivity index (χ2v) is 6.19. The summed E-state index contributed by atoms with van der Waals surface area (Å²) in [6.07, 6.45) is 1.19. The van der Waals surface area contributed by atoms with E-state index >= 15 is 0 Å². The zero-order valence-electron chi connectivity index (χ0n) is 11.9. The molecule has 108 valence electrons. The zero-order valence-corrected chi connectivity index (χ0v) is 11.9. The Morgan fingerprint density at radius 1 is 1.00 bits per heavy atom. The van der Waals surface area contributed by atoms with Gasteiger partial charge in [-0.1, -0.05) is 6.07 Å². The number of nitrogen functional groups attached to an aromatic ring is 1. The number of fused-ring (bicyclic) bond motifs is 4. The van der Waals surface area contributed by atoms with Crippen molar-refractivity contribution in [3.8, 4) is 0 Å². The molecule has 4 rings (SSSR count). The van der Waals surface area contributed by atoms with Gasteiger partial charge in [0, 0.05) is 48.7 Å². The van der Waals surface area contributed by atoms with E-state index in [0.29, 0.717) is 11.8 Å². The van der Waals surface area contributed by atoms with Crippen LogP contribution >= 0.6 is 0 Å². The lowest BCUT2D eigenvalue weighted by molar-refractivity contribution is 0.281. The summed E-state index contributed by atoms with van der Waals surface area (Å²) < 4.78 is 1.97. The summed E-state index contributed by atoms with van der Waals surface area (Å²) in [5, 5.41) is 0. The predicted octanol–water partition coefficient (Wildman–Crippen LogP) is 2.05. The third-order valence-electron chi connectivity index (χ3n) is 4.74. The highest BCUT2D eigenvalue weighted by Gasteiger charge is 2.34. The molecular formula is C17H19N3O. The number of anilines is 2. The van der Waals surface area contributed by atoms with Crippen molar-refractivity contribution in [2.75, 3.05) is 23.7 Å². The zero-order chi connectivity index (χ0) is 14.4. The lowest BCUT2D eigenvalue weighted by Crippen LogP contribution is -2.47. The molecule has 2 aromatic rings. The summed E-state index contributed by atoms with van der Waals surface area (Å²) >= 11 is 0. The van der Waals surface area contributed by atoms with Crippen molar-refractivity contribution in [2.45, 2.75) is 18.9 Å². The number of hydrogen-bond donors (Lipinski definition) is 1. The molecule has 1 aromatic heterocycles. The van der Waals surface area contributed by atoms with Gasteiger partial charge in [0.25, 0.3) is 5.56 Å². The monoisotopic (exact) mass is 281 g/mol. The molecular weight excluding hydrogens is 262 g/mol. The average Bonchev–Trinajstić information content (AvgIpc) is 2.49. The van der Waals surface area contributed by atoms with E-state index < -0.39 is 0 Å². The fraction of sp³-hybridized carbons (Fsp3) is 0.353. The van der Waals surface area contributed by atoms with E-state index in [1.807, 2.05) is 22.8 Å². The summed E-state index contributed by atoms with van der Waals surface area (Å²) in [6, 6.07) is 13.8. The fourth-order valence-electron chi connectivity index (χ4n) is 3.79. The molecule has 2 bridgehead atoms. The second-order valence-electron chi connectivity index (χ2n) is 6.19. The van der Waals surface area contributed by atoms with E-state index in [4.69, 9.17) is 5.73 Å². The van der Waals surface area contributed by atoms with Crippen molar-refractivity contribution in [3.63, 3.8) is 0 Å². The van der Waals surface area contributed by atoms with Gasteiger partial charge in [0.05, 0.1) is 0 Å². The predicted molar refractivity (Wildman–Crippen MR) is 84.6 cm³/mol. The highest BCUT2D eigenvalue weighted by molar-refractivity contribution is 5.54. The molecule has 4 heteroatoms. The minimum absolute atomic E-state index is 0.142. The summed E-state index contributed by atoms with van der Waals surface area (Å²) in [6.45, 7) is 2.84. The molecule has 1 fully saturated rings. The van der Waals surface area contributed by atoms with E-state index in [1.165, 1.54) is 17.8 Å². The molecule has 3 heterocycles. The van der Waals surface area contributed by atoms with Crippen LogP contribution in [0.5, 0.6) is 0 Å². The number of nitrogens with zero attached hydrogens (tertiary/aromatic N) is 2. The van der Waals surface area contributed by atoms with Gasteiger partial charge in [0.2, 0.25) is 0 Å². The Bertz CT molecular complexity index is 720. The van der Waals surface area contributed by atoms with Crippen LogP contribution in [0.15, 0.2) is 47.3 Å². The maximum Gasteiger partial charge on any atom is 0.250 e. The first-order valence-electron chi connectivity index (χ1n) is 7.51. The van der Waals surface area contributed by atoms with E-state index in [9.17, 15) is 4.79 Å². The van der Waals surface area contributed by atoms with Crippen molar-refractivity contribution in [1.29, 1.82) is 0 Å². The van der Waals surface area contributed by atoms with Gasteiger partial charge in [-0.05, 0) is 42.7 Å². The van der Waals surface area contributed by atoms with Gasteiger partial charge in [0.15, 0.2) is 0 Å². The Morgan fingerprint density at radius 2 is 1.81 bits per heavy atom. The van der Waals surface area contributed by atoms with Crippen LogP contribution in [0.1, 0.15) is 18.0 Å². The number of aromatic nitrogens is 1. The SMILES string of the molecule is Nc1ccc(N2C[C@H]3C[C@@H](C2)c2cccc(=O)n2C3)cc1. The lowest BCUT2D eigenvalue weighted by atomic mass is 9.83. The maximum absolute atomic E-state index is 12.0. The fourth-order valence-corrected chi connectivity index (χ4v) is 3.79. The topological polar surface area (TPSA) is 51.3 Å². The smallest absolute Gasteiger partial charge is 0.250 e. The minimum atomic E-state index is 0.142. The molecule has 0 aliphatic carbocycles. The number of pyridine rings is 1. The Balaban J connectivity index is 1.68. The first-order valence-corrected chi connectivity index (χ1v) is 7.51. The Kier molecular flexibility index (Phi) is 2.77. The van der Waals surface area contributed by atoms with Gasteiger partial charge >= 0.3 is 0 Å². The molecule has 0 saturated carbocycles. The van der Waals surface area contributed by atoms with Crippen molar-refractivity contribution in [1.82, 2.24) is 4.57 Å². The molecule has 0 amide bonds. The van der Waals surface area contributed by atoms with Gasteiger partial charge < -0.3 is 15.2 Å². The second kappa shape index (κ2) is 4.65. The Labute approximate surface area is 123 Å². The van der Waals surface area contributed by atoms with Crippen LogP contribution in [-0.2, 0) is 6.54 Å². The first-order chi connectivity index (χ1) is 10.2. The van der Waals surface area contributed by atoms with Gasteiger partial charge in [-0.2, -0.15) is 0 Å². The molecule has 2 N–H and O–H groups in total. The van der Waals surface area contributed by atoms with Crippen LogP contribution in [0, 0.1) is 5.92 Å². The highest BCUT2D eigenvalue weighted by atomic mass is 16.1. The van der Waals surface area contributed by atoms with Crippen molar-refractivity contribution < 1.29 is 0 Å². The van der Waals surface area contributed by atoms with E-state index in [2.05, 4.69) is 23.1 Å². The van der Waals surface area contributed by atoms with E-state index in [0.717, 1.165) is 25.3 Å². The Morgan fingerprint density at radius 3 is 2.62 bits per heavy atom. The molecule has 4 nitrogen and oxygen atoms in total. The normalized spacial score (nSPS) is 23.7.